The summed E-state index contributed by atoms with van der Waals surface area (Å²) < 4.78 is 6.56. The minimum absolute atomic E-state index is 0.207. The minimum Gasteiger partial charge on any atom is -0.488 e. The highest BCUT2D eigenvalue weighted by molar-refractivity contribution is 6.33. The smallest absolute Gasteiger partial charge is 0.237 e. The molecule has 146 valence electrons. The summed E-state index contributed by atoms with van der Waals surface area (Å²) in [6.07, 6.45) is 10.2. The van der Waals surface area contributed by atoms with Crippen molar-refractivity contribution in [2.75, 3.05) is 19.0 Å². The Morgan fingerprint density at radius 2 is 1.74 bits per heavy atom. The third-order valence-corrected chi connectivity index (χ3v) is 7.99. The summed E-state index contributed by atoms with van der Waals surface area (Å²) >= 11 is 6.67. The maximum atomic E-state index is 13.3. The van der Waals surface area contributed by atoms with Crippen molar-refractivity contribution in [1.82, 2.24) is 4.90 Å². The molecule has 3 heterocycles. The molecule has 0 radical (unpaired) electrons. The number of benzene rings is 1. The van der Waals surface area contributed by atoms with Crippen molar-refractivity contribution < 1.29 is 9.53 Å². The van der Waals surface area contributed by atoms with Gasteiger partial charge in [0.2, 0.25) is 5.91 Å². The molecule has 4 nitrogen and oxygen atoms in total. The van der Waals surface area contributed by atoms with Gasteiger partial charge in [-0.3, -0.25) is 4.79 Å². The first-order chi connectivity index (χ1) is 13.0. The Labute approximate surface area is 166 Å². The number of nitrogens with zero attached hydrogens (tertiary/aromatic N) is 2. The lowest BCUT2D eigenvalue weighted by molar-refractivity contribution is -0.124. The van der Waals surface area contributed by atoms with Gasteiger partial charge in [0.1, 0.15) is 11.9 Å². The van der Waals surface area contributed by atoms with E-state index in [0.717, 1.165) is 60.5 Å². The second-order valence-corrected chi connectivity index (χ2v) is 9.44. The Morgan fingerprint density at radius 3 is 2.41 bits per heavy atom. The molecule has 3 fully saturated rings. The molecular weight excluding hydrogens is 360 g/mol. The van der Waals surface area contributed by atoms with E-state index in [2.05, 4.69) is 11.9 Å². The number of likely N-dealkylation sites (N-methyl/N-ethyl adjacent to an activating group) is 1. The zero-order valence-corrected chi connectivity index (χ0v) is 17.1. The minimum atomic E-state index is -0.426. The fourth-order valence-electron chi connectivity index (χ4n) is 6.22. The van der Waals surface area contributed by atoms with E-state index in [0.29, 0.717) is 12.1 Å². The van der Waals surface area contributed by atoms with Crippen LogP contribution in [0, 0.1) is 0 Å². The number of carbonyl (C=O) groups excluding carboxylic acids is 1. The SMILES string of the molecule is CN1C(=O)C2(CCCCC2)c2c(Cl)ccc(OC3CC4CCC(C3)N4C)c21. The predicted molar refractivity (Wildman–Crippen MR) is 108 cm³/mol. The van der Waals surface area contributed by atoms with Crippen LogP contribution in [0.2, 0.25) is 5.02 Å². The van der Waals surface area contributed by atoms with E-state index in [9.17, 15) is 4.79 Å². The summed E-state index contributed by atoms with van der Waals surface area (Å²) in [5.41, 5.74) is 1.54. The van der Waals surface area contributed by atoms with E-state index in [4.69, 9.17) is 16.3 Å². The van der Waals surface area contributed by atoms with E-state index in [1.807, 2.05) is 24.1 Å². The normalized spacial score (nSPS) is 32.2. The van der Waals surface area contributed by atoms with Crippen molar-refractivity contribution in [2.45, 2.75) is 81.4 Å². The van der Waals surface area contributed by atoms with Gasteiger partial charge >= 0.3 is 0 Å². The van der Waals surface area contributed by atoms with Gasteiger partial charge in [0.05, 0.1) is 11.1 Å². The van der Waals surface area contributed by atoms with E-state index in [-0.39, 0.29) is 12.0 Å². The number of hydrogen-bond acceptors (Lipinski definition) is 3. The Kier molecular flexibility index (Phi) is 4.21. The molecule has 1 spiro atoms. The average molecular weight is 389 g/mol. The molecule has 1 saturated carbocycles. The number of ether oxygens (including phenoxy) is 1. The van der Waals surface area contributed by atoms with Gasteiger partial charge in [0.15, 0.2) is 0 Å². The van der Waals surface area contributed by atoms with Gasteiger partial charge < -0.3 is 14.5 Å². The van der Waals surface area contributed by atoms with Gasteiger partial charge in [-0.2, -0.15) is 0 Å². The maximum absolute atomic E-state index is 13.3. The highest BCUT2D eigenvalue weighted by Gasteiger charge is 2.52. The molecule has 4 aliphatic rings. The fourth-order valence-corrected chi connectivity index (χ4v) is 6.55. The van der Waals surface area contributed by atoms with E-state index >= 15 is 0 Å². The van der Waals surface area contributed by atoms with Crippen LogP contribution in [-0.4, -0.2) is 43.1 Å². The van der Waals surface area contributed by atoms with Crippen molar-refractivity contribution in [3.05, 3.63) is 22.7 Å². The molecule has 1 aromatic carbocycles. The maximum Gasteiger partial charge on any atom is 0.237 e. The summed E-state index contributed by atoms with van der Waals surface area (Å²) in [6.45, 7) is 0. The highest BCUT2D eigenvalue weighted by Crippen LogP contribution is 2.55. The number of fused-ring (bicyclic) bond motifs is 4. The molecule has 5 rings (SSSR count). The molecule has 1 aliphatic carbocycles. The predicted octanol–water partition coefficient (Wildman–Crippen LogP) is 4.52. The van der Waals surface area contributed by atoms with Crippen LogP contribution in [0.15, 0.2) is 12.1 Å². The summed E-state index contributed by atoms with van der Waals surface area (Å²) in [4.78, 5) is 17.6. The Hall–Kier alpha value is -1.26. The lowest BCUT2D eigenvalue weighted by Crippen LogP contribution is -2.43. The van der Waals surface area contributed by atoms with Crippen LogP contribution in [0.3, 0.4) is 0 Å². The van der Waals surface area contributed by atoms with Crippen LogP contribution in [0.1, 0.15) is 63.4 Å². The summed E-state index contributed by atoms with van der Waals surface area (Å²) in [6, 6.07) is 5.20. The average Bonchev–Trinajstić information content (AvgIpc) is 2.99. The Balaban J connectivity index is 1.50. The molecule has 1 amide bonds. The van der Waals surface area contributed by atoms with Gasteiger partial charge in [-0.25, -0.2) is 0 Å². The second kappa shape index (κ2) is 6.38. The van der Waals surface area contributed by atoms with Crippen molar-refractivity contribution in [3.8, 4) is 5.75 Å². The molecule has 2 bridgehead atoms. The van der Waals surface area contributed by atoms with E-state index < -0.39 is 5.41 Å². The van der Waals surface area contributed by atoms with Crippen LogP contribution in [0.5, 0.6) is 5.75 Å². The lowest BCUT2D eigenvalue weighted by atomic mass is 9.70. The van der Waals surface area contributed by atoms with Gasteiger partial charge in [-0.05, 0) is 57.7 Å². The molecule has 0 N–H and O–H groups in total. The van der Waals surface area contributed by atoms with Crippen LogP contribution < -0.4 is 9.64 Å². The molecule has 2 unspecified atom stereocenters. The molecule has 0 aromatic heterocycles. The molecule has 2 saturated heterocycles. The van der Waals surface area contributed by atoms with E-state index in [1.54, 1.807) is 0 Å². The summed E-state index contributed by atoms with van der Waals surface area (Å²) in [7, 11) is 4.14. The fraction of sp³-hybridized carbons (Fsp3) is 0.682. The van der Waals surface area contributed by atoms with Gasteiger partial charge in [0.25, 0.3) is 0 Å². The van der Waals surface area contributed by atoms with Crippen molar-refractivity contribution >= 4 is 23.2 Å². The van der Waals surface area contributed by atoms with Crippen molar-refractivity contribution in [1.29, 1.82) is 0 Å². The highest BCUT2D eigenvalue weighted by atomic mass is 35.5. The first-order valence-corrected chi connectivity index (χ1v) is 10.9. The molecule has 27 heavy (non-hydrogen) atoms. The number of carbonyl (C=O) groups is 1. The molecule has 1 aromatic rings. The first-order valence-electron chi connectivity index (χ1n) is 10.5. The standard InChI is InChI=1S/C22H29ClN2O2/c1-24-14-6-7-15(24)13-16(12-14)27-18-9-8-17(23)19-20(18)25(2)21(26)22(19)10-4-3-5-11-22/h8-9,14-16H,3-7,10-13H2,1-2H3. The van der Waals surface area contributed by atoms with Crippen LogP contribution in [0.25, 0.3) is 0 Å². The molecule has 5 heteroatoms. The number of amides is 1. The van der Waals surface area contributed by atoms with Crippen molar-refractivity contribution in [2.24, 2.45) is 0 Å². The zero-order chi connectivity index (χ0) is 18.8. The van der Waals surface area contributed by atoms with Crippen LogP contribution in [0.4, 0.5) is 5.69 Å². The van der Waals surface area contributed by atoms with Gasteiger partial charge in [-0.15, -0.1) is 0 Å². The first kappa shape index (κ1) is 17.8. The lowest BCUT2D eigenvalue weighted by Gasteiger charge is -2.36. The number of anilines is 1. The van der Waals surface area contributed by atoms with Crippen LogP contribution >= 0.6 is 11.6 Å². The monoisotopic (exact) mass is 388 g/mol. The quantitative estimate of drug-likeness (QED) is 0.746. The Bertz CT molecular complexity index is 760. The number of piperidine rings is 1. The van der Waals surface area contributed by atoms with Gasteiger partial charge in [-0.1, -0.05) is 30.9 Å². The van der Waals surface area contributed by atoms with Crippen molar-refractivity contribution in [3.63, 3.8) is 0 Å². The second-order valence-electron chi connectivity index (χ2n) is 9.04. The molecule has 3 aliphatic heterocycles. The third-order valence-electron chi connectivity index (χ3n) is 7.67. The zero-order valence-electron chi connectivity index (χ0n) is 16.3. The number of halogens is 1. The third kappa shape index (κ3) is 2.56. The summed E-state index contributed by atoms with van der Waals surface area (Å²) in [5, 5.41) is 0.723. The largest absolute Gasteiger partial charge is 0.488 e. The van der Waals surface area contributed by atoms with Gasteiger partial charge in [0, 0.05) is 29.7 Å². The topological polar surface area (TPSA) is 32.8 Å². The number of rotatable bonds is 2. The number of hydrogen-bond donors (Lipinski definition) is 0. The Morgan fingerprint density at radius 1 is 1.07 bits per heavy atom. The summed E-state index contributed by atoms with van der Waals surface area (Å²) in [5.74, 6) is 1.06. The van der Waals surface area contributed by atoms with Crippen LogP contribution in [-0.2, 0) is 10.2 Å². The molecule has 2 atom stereocenters. The molecular formula is C22H29ClN2O2. The van der Waals surface area contributed by atoms with E-state index in [1.165, 1.54) is 19.3 Å².